The van der Waals surface area contributed by atoms with E-state index in [4.69, 9.17) is 14.5 Å². The molecule has 1 amide bonds. The second-order valence-electron chi connectivity index (χ2n) is 8.50. The Morgan fingerprint density at radius 2 is 1.89 bits per heavy atom. The van der Waals surface area contributed by atoms with Gasteiger partial charge in [0.2, 0.25) is 0 Å². The molecule has 0 aromatic carbocycles. The molecule has 0 saturated carbocycles. The molecule has 28 heavy (non-hydrogen) atoms. The Morgan fingerprint density at radius 3 is 2.39 bits per heavy atom. The van der Waals surface area contributed by atoms with Crippen LogP contribution in [-0.4, -0.2) is 78.9 Å². The molecule has 0 aromatic heterocycles. The summed E-state index contributed by atoms with van der Waals surface area (Å²) < 4.78 is 11.3. The van der Waals surface area contributed by atoms with Crippen molar-refractivity contribution in [2.75, 3.05) is 39.3 Å². The highest BCUT2D eigenvalue weighted by atomic mass is 16.6. The van der Waals surface area contributed by atoms with Crippen LogP contribution in [-0.2, 0) is 9.47 Å². The summed E-state index contributed by atoms with van der Waals surface area (Å²) in [5.74, 6) is 0.964. The van der Waals surface area contributed by atoms with Gasteiger partial charge in [-0.2, -0.15) is 0 Å². The van der Waals surface area contributed by atoms with Crippen molar-refractivity contribution >= 4 is 12.1 Å². The van der Waals surface area contributed by atoms with E-state index in [-0.39, 0.29) is 12.1 Å². The number of nitrogens with zero attached hydrogens (tertiary/aromatic N) is 3. The van der Waals surface area contributed by atoms with Crippen LogP contribution in [0.3, 0.4) is 0 Å². The molecule has 7 nitrogen and oxygen atoms in total. The van der Waals surface area contributed by atoms with Gasteiger partial charge in [0.1, 0.15) is 5.60 Å². The van der Waals surface area contributed by atoms with E-state index in [0.717, 1.165) is 51.5 Å². The minimum atomic E-state index is -0.478. The summed E-state index contributed by atoms with van der Waals surface area (Å²) in [6.45, 7) is 18.7. The molecular weight excluding hydrogens is 356 g/mol. The van der Waals surface area contributed by atoms with Crippen molar-refractivity contribution in [2.24, 2.45) is 4.99 Å². The van der Waals surface area contributed by atoms with Crippen LogP contribution >= 0.6 is 0 Å². The van der Waals surface area contributed by atoms with E-state index < -0.39 is 5.60 Å². The van der Waals surface area contributed by atoms with Gasteiger partial charge in [0.05, 0.1) is 6.10 Å². The van der Waals surface area contributed by atoms with Crippen molar-refractivity contribution in [2.45, 2.75) is 85.5 Å². The molecule has 164 valence electrons. The number of aliphatic imine (C=N–C) groups is 1. The number of rotatable bonds is 8. The lowest BCUT2D eigenvalue weighted by atomic mass is 10.1. The highest BCUT2D eigenvalue weighted by Gasteiger charge is 2.24. The minimum absolute atomic E-state index is 0.102. The van der Waals surface area contributed by atoms with Crippen LogP contribution in [0.15, 0.2) is 4.99 Å². The third-order valence-electron chi connectivity index (χ3n) is 4.55. The van der Waals surface area contributed by atoms with E-state index >= 15 is 0 Å². The number of nitrogens with one attached hydrogen (secondary N) is 1. The molecule has 0 radical (unpaired) electrons. The summed E-state index contributed by atoms with van der Waals surface area (Å²) in [5, 5.41) is 3.39. The number of hydrogen-bond donors (Lipinski definition) is 1. The van der Waals surface area contributed by atoms with Gasteiger partial charge in [0.25, 0.3) is 0 Å². The Kier molecular flexibility index (Phi) is 10.6. The lowest BCUT2D eigenvalue weighted by Gasteiger charge is -2.34. The summed E-state index contributed by atoms with van der Waals surface area (Å²) in [6, 6.07) is 0.102. The SMILES string of the molecule is CCNC(=NCCCN(C(=O)OC(C)(C)C)C(C)C)N1CCC(OCC)CC1. The largest absolute Gasteiger partial charge is 0.444 e. The van der Waals surface area contributed by atoms with Crippen LogP contribution in [0.5, 0.6) is 0 Å². The van der Waals surface area contributed by atoms with Crippen molar-refractivity contribution in [3.8, 4) is 0 Å². The maximum absolute atomic E-state index is 12.4. The Bertz CT molecular complexity index is 481. The Labute approximate surface area is 171 Å². The van der Waals surface area contributed by atoms with Crippen LogP contribution in [0.1, 0.15) is 67.7 Å². The zero-order valence-electron chi connectivity index (χ0n) is 19.1. The summed E-state index contributed by atoms with van der Waals surface area (Å²) in [7, 11) is 0. The number of carbonyl (C=O) groups excluding carboxylic acids is 1. The molecule has 0 atom stereocenters. The second-order valence-corrected chi connectivity index (χ2v) is 8.50. The maximum Gasteiger partial charge on any atom is 0.410 e. The normalized spacial score (nSPS) is 16.4. The molecule has 1 aliphatic heterocycles. The number of ether oxygens (including phenoxy) is 2. The molecule has 0 bridgehead atoms. The molecule has 1 N–H and O–H groups in total. The zero-order chi connectivity index (χ0) is 21.2. The van der Waals surface area contributed by atoms with Gasteiger partial charge >= 0.3 is 6.09 Å². The fraction of sp³-hybridized carbons (Fsp3) is 0.905. The smallest absolute Gasteiger partial charge is 0.410 e. The van der Waals surface area contributed by atoms with Crippen LogP contribution in [0.2, 0.25) is 0 Å². The van der Waals surface area contributed by atoms with Crippen molar-refractivity contribution in [1.82, 2.24) is 15.1 Å². The third-order valence-corrected chi connectivity index (χ3v) is 4.55. The van der Waals surface area contributed by atoms with E-state index in [1.165, 1.54) is 0 Å². The summed E-state index contributed by atoms with van der Waals surface area (Å²) in [6.07, 6.45) is 3.01. The average Bonchev–Trinajstić information content (AvgIpc) is 2.59. The van der Waals surface area contributed by atoms with Crippen LogP contribution < -0.4 is 5.32 Å². The van der Waals surface area contributed by atoms with Gasteiger partial charge in [-0.05, 0) is 67.7 Å². The van der Waals surface area contributed by atoms with Crippen LogP contribution in [0.25, 0.3) is 0 Å². The maximum atomic E-state index is 12.4. The first kappa shape index (κ1) is 24.5. The first-order chi connectivity index (χ1) is 13.2. The van der Waals surface area contributed by atoms with Gasteiger partial charge in [0.15, 0.2) is 5.96 Å². The second kappa shape index (κ2) is 12.1. The van der Waals surface area contributed by atoms with E-state index in [0.29, 0.717) is 19.2 Å². The summed E-state index contributed by atoms with van der Waals surface area (Å²) in [5.41, 5.74) is -0.478. The monoisotopic (exact) mass is 398 g/mol. The van der Waals surface area contributed by atoms with Crippen molar-refractivity contribution in [3.05, 3.63) is 0 Å². The van der Waals surface area contributed by atoms with Crippen molar-refractivity contribution in [1.29, 1.82) is 0 Å². The highest BCUT2D eigenvalue weighted by Crippen LogP contribution is 2.14. The fourth-order valence-corrected chi connectivity index (χ4v) is 3.20. The van der Waals surface area contributed by atoms with Gasteiger partial charge in [-0.1, -0.05) is 0 Å². The topological polar surface area (TPSA) is 66.4 Å². The molecule has 7 heteroatoms. The minimum Gasteiger partial charge on any atom is -0.444 e. The standard InChI is InChI=1S/C21H42N4O3/c1-8-22-19(24-15-11-18(12-16-24)27-9-2)23-13-10-14-25(17(3)4)20(26)28-21(5,6)7/h17-18H,8-16H2,1-7H3,(H,22,23). The molecule has 0 aliphatic carbocycles. The Hall–Kier alpha value is -1.50. The van der Waals surface area contributed by atoms with Crippen molar-refractivity contribution < 1.29 is 14.3 Å². The van der Waals surface area contributed by atoms with Gasteiger partial charge in [0, 0.05) is 45.4 Å². The predicted octanol–water partition coefficient (Wildman–Crippen LogP) is 3.49. The van der Waals surface area contributed by atoms with Crippen LogP contribution in [0, 0.1) is 0 Å². The number of piperidine rings is 1. The molecule has 1 rings (SSSR count). The van der Waals surface area contributed by atoms with Gasteiger partial charge < -0.3 is 24.6 Å². The van der Waals surface area contributed by atoms with Crippen LogP contribution in [0.4, 0.5) is 4.79 Å². The number of guanidine groups is 1. The number of likely N-dealkylation sites (tertiary alicyclic amines) is 1. The van der Waals surface area contributed by atoms with E-state index in [9.17, 15) is 4.79 Å². The predicted molar refractivity (Wildman–Crippen MR) is 115 cm³/mol. The molecule has 1 aliphatic rings. The Morgan fingerprint density at radius 1 is 1.25 bits per heavy atom. The number of carbonyl (C=O) groups is 1. The third kappa shape index (κ3) is 9.13. The molecule has 0 unspecified atom stereocenters. The molecule has 1 fully saturated rings. The molecular formula is C21H42N4O3. The molecule has 1 heterocycles. The molecule has 1 saturated heterocycles. The number of amides is 1. The first-order valence-electron chi connectivity index (χ1n) is 10.8. The quantitative estimate of drug-likeness (QED) is 0.385. The molecule has 0 aromatic rings. The Balaban J connectivity index is 2.55. The molecule has 0 spiro atoms. The summed E-state index contributed by atoms with van der Waals surface area (Å²) in [4.78, 5) is 21.3. The van der Waals surface area contributed by atoms with Gasteiger partial charge in [-0.3, -0.25) is 4.99 Å². The van der Waals surface area contributed by atoms with E-state index in [1.807, 2.05) is 34.6 Å². The highest BCUT2D eigenvalue weighted by molar-refractivity contribution is 5.80. The average molecular weight is 399 g/mol. The van der Waals surface area contributed by atoms with E-state index in [2.05, 4.69) is 24.1 Å². The first-order valence-corrected chi connectivity index (χ1v) is 10.8. The zero-order valence-corrected chi connectivity index (χ0v) is 19.1. The van der Waals surface area contributed by atoms with Crippen molar-refractivity contribution in [3.63, 3.8) is 0 Å². The lowest BCUT2D eigenvalue weighted by Crippen LogP contribution is -2.47. The fourth-order valence-electron chi connectivity index (χ4n) is 3.20. The lowest BCUT2D eigenvalue weighted by molar-refractivity contribution is 0.0190. The summed E-state index contributed by atoms with van der Waals surface area (Å²) >= 11 is 0. The van der Waals surface area contributed by atoms with E-state index in [1.54, 1.807) is 4.90 Å². The van der Waals surface area contributed by atoms with Gasteiger partial charge in [-0.25, -0.2) is 4.79 Å². The number of hydrogen-bond acceptors (Lipinski definition) is 4. The van der Waals surface area contributed by atoms with Gasteiger partial charge in [-0.15, -0.1) is 0 Å².